The molecule has 0 atom stereocenters. The fraction of sp³-hybridized carbons (Fsp3) is 0.182. The Hall–Kier alpha value is -3.10. The normalized spacial score (nSPS) is 11.1. The number of aryl methyl sites for hydroxylation is 2. The van der Waals surface area contributed by atoms with E-state index in [0.29, 0.717) is 44.6 Å². The summed E-state index contributed by atoms with van der Waals surface area (Å²) in [5.74, 6) is 0.941. The minimum Gasteiger partial charge on any atom is -0.457 e. The van der Waals surface area contributed by atoms with Crippen molar-refractivity contribution in [3.63, 3.8) is 0 Å². The van der Waals surface area contributed by atoms with Crippen LogP contribution in [-0.2, 0) is 17.1 Å². The van der Waals surface area contributed by atoms with E-state index in [1.807, 2.05) is 19.1 Å². The van der Waals surface area contributed by atoms with Crippen molar-refractivity contribution in [3.05, 3.63) is 86.3 Å². The first kappa shape index (κ1) is 21.1. The van der Waals surface area contributed by atoms with E-state index >= 15 is 0 Å². The molecular weight excluding hydrogens is 440 g/mol. The van der Waals surface area contributed by atoms with E-state index in [9.17, 15) is 9.59 Å². The first-order valence-corrected chi connectivity index (χ1v) is 10.7. The zero-order valence-corrected chi connectivity index (χ0v) is 18.2. The van der Waals surface area contributed by atoms with Crippen molar-refractivity contribution in [2.24, 2.45) is 0 Å². The maximum absolute atomic E-state index is 12.8. The number of thioether (sulfide) groups is 1. The van der Waals surface area contributed by atoms with Gasteiger partial charge in [0, 0.05) is 26.9 Å². The number of halogens is 1. The molecule has 0 saturated heterocycles. The van der Waals surface area contributed by atoms with Gasteiger partial charge in [-0.3, -0.25) is 0 Å². The summed E-state index contributed by atoms with van der Waals surface area (Å²) < 4.78 is 15.9. The van der Waals surface area contributed by atoms with Crippen LogP contribution >= 0.6 is 23.4 Å². The van der Waals surface area contributed by atoms with Crippen LogP contribution in [0.2, 0.25) is 5.02 Å². The van der Waals surface area contributed by atoms with E-state index in [2.05, 4.69) is 10.1 Å². The van der Waals surface area contributed by atoms with E-state index in [-0.39, 0.29) is 6.61 Å². The van der Waals surface area contributed by atoms with Gasteiger partial charge >= 0.3 is 11.6 Å². The summed E-state index contributed by atoms with van der Waals surface area (Å²) in [6.07, 6.45) is 0. The average molecular weight is 457 g/mol. The van der Waals surface area contributed by atoms with Gasteiger partial charge in [-0.25, -0.2) is 9.59 Å². The highest BCUT2D eigenvalue weighted by Crippen LogP contribution is 2.28. The lowest BCUT2D eigenvalue weighted by Gasteiger charge is -2.10. The van der Waals surface area contributed by atoms with Crippen LogP contribution in [0.15, 0.2) is 61.1 Å². The molecule has 0 radical (unpaired) electrons. The van der Waals surface area contributed by atoms with E-state index in [1.165, 1.54) is 17.8 Å². The average Bonchev–Trinajstić information content (AvgIpc) is 3.17. The number of carbonyl (C=O) groups excluding carboxylic acids is 1. The molecule has 158 valence electrons. The first-order valence-electron chi connectivity index (χ1n) is 9.32. The van der Waals surface area contributed by atoms with Crippen LogP contribution < -0.4 is 5.63 Å². The molecule has 2 aromatic carbocycles. The standard InChI is InChI=1S/C22H17ClN2O5S/c1-12-7-18-16(9-17(12)23)14(8-21(26)29-18)10-28-22(27)15-5-3-4-6-19(15)31-11-20-24-13(2)25-30-20/h3-9H,10-11H2,1-2H3. The molecule has 0 spiro atoms. The van der Waals surface area contributed by atoms with Crippen molar-refractivity contribution < 1.29 is 18.5 Å². The van der Waals surface area contributed by atoms with Crippen molar-refractivity contribution in [2.45, 2.75) is 31.1 Å². The summed E-state index contributed by atoms with van der Waals surface area (Å²) in [7, 11) is 0. The second kappa shape index (κ2) is 8.95. The van der Waals surface area contributed by atoms with E-state index in [0.717, 1.165) is 10.5 Å². The number of hydrogen-bond acceptors (Lipinski definition) is 8. The Morgan fingerprint density at radius 3 is 2.77 bits per heavy atom. The Morgan fingerprint density at radius 2 is 2.00 bits per heavy atom. The highest BCUT2D eigenvalue weighted by Gasteiger charge is 2.16. The third-order valence-electron chi connectivity index (χ3n) is 4.50. The van der Waals surface area contributed by atoms with Crippen molar-refractivity contribution in [3.8, 4) is 0 Å². The maximum Gasteiger partial charge on any atom is 0.339 e. The molecule has 0 saturated carbocycles. The van der Waals surface area contributed by atoms with E-state index < -0.39 is 11.6 Å². The Morgan fingerprint density at radius 1 is 1.19 bits per heavy atom. The number of benzene rings is 2. The molecule has 4 rings (SSSR count). The summed E-state index contributed by atoms with van der Waals surface area (Å²) >= 11 is 7.61. The van der Waals surface area contributed by atoms with Crippen LogP contribution in [0.25, 0.3) is 11.0 Å². The number of carbonyl (C=O) groups is 1. The van der Waals surface area contributed by atoms with Crippen LogP contribution in [0.3, 0.4) is 0 Å². The number of fused-ring (bicyclic) bond motifs is 1. The molecule has 0 aliphatic rings. The molecule has 7 nitrogen and oxygen atoms in total. The lowest BCUT2D eigenvalue weighted by molar-refractivity contribution is 0.0469. The topological polar surface area (TPSA) is 95.4 Å². The van der Waals surface area contributed by atoms with Crippen LogP contribution in [0.4, 0.5) is 0 Å². The van der Waals surface area contributed by atoms with E-state index in [4.69, 9.17) is 25.3 Å². The fourth-order valence-electron chi connectivity index (χ4n) is 2.99. The summed E-state index contributed by atoms with van der Waals surface area (Å²) in [6.45, 7) is 3.46. The zero-order chi connectivity index (χ0) is 22.0. The number of hydrogen-bond donors (Lipinski definition) is 0. The van der Waals surface area contributed by atoms with Crippen LogP contribution in [-0.4, -0.2) is 16.1 Å². The monoisotopic (exact) mass is 456 g/mol. The van der Waals surface area contributed by atoms with Gasteiger partial charge in [0.1, 0.15) is 12.2 Å². The predicted octanol–water partition coefficient (Wildman–Crippen LogP) is 5.10. The minimum atomic E-state index is -0.522. The van der Waals surface area contributed by atoms with Gasteiger partial charge in [-0.2, -0.15) is 4.98 Å². The van der Waals surface area contributed by atoms with Gasteiger partial charge in [-0.05, 0) is 43.7 Å². The number of ether oxygens (including phenoxy) is 1. The van der Waals surface area contributed by atoms with Gasteiger partial charge in [-0.15, -0.1) is 11.8 Å². The Labute approximate surface area is 186 Å². The highest BCUT2D eigenvalue weighted by molar-refractivity contribution is 7.98. The summed E-state index contributed by atoms with van der Waals surface area (Å²) in [5, 5.41) is 4.92. The third kappa shape index (κ3) is 4.81. The number of esters is 1. The summed E-state index contributed by atoms with van der Waals surface area (Å²) in [6, 6.07) is 11.8. The molecule has 4 aromatic rings. The summed E-state index contributed by atoms with van der Waals surface area (Å²) in [5.41, 5.74) is 1.59. The fourth-order valence-corrected chi connectivity index (χ4v) is 4.03. The lowest BCUT2D eigenvalue weighted by atomic mass is 10.1. The minimum absolute atomic E-state index is 0.0951. The molecule has 0 aliphatic carbocycles. The number of nitrogens with zero attached hydrogens (tertiary/aromatic N) is 2. The van der Waals surface area contributed by atoms with Gasteiger partial charge in [0.2, 0.25) is 5.89 Å². The molecule has 2 aromatic heterocycles. The number of aromatic nitrogens is 2. The molecule has 0 bridgehead atoms. The molecule has 9 heteroatoms. The van der Waals surface area contributed by atoms with Gasteiger partial charge in [0.05, 0.1) is 11.3 Å². The molecule has 0 unspecified atom stereocenters. The second-order valence-corrected chi connectivity index (χ2v) is 8.21. The zero-order valence-electron chi connectivity index (χ0n) is 16.7. The van der Waals surface area contributed by atoms with Crippen molar-refractivity contribution >= 4 is 40.3 Å². The van der Waals surface area contributed by atoms with Crippen molar-refractivity contribution in [1.82, 2.24) is 10.1 Å². The van der Waals surface area contributed by atoms with Crippen molar-refractivity contribution in [1.29, 1.82) is 0 Å². The van der Waals surface area contributed by atoms with Gasteiger partial charge in [-0.1, -0.05) is 28.9 Å². The summed E-state index contributed by atoms with van der Waals surface area (Å²) in [4.78, 5) is 29.6. The lowest BCUT2D eigenvalue weighted by Crippen LogP contribution is -2.09. The molecular formula is C22H17ClN2O5S. The molecule has 0 fully saturated rings. The quantitative estimate of drug-likeness (QED) is 0.225. The Balaban J connectivity index is 1.53. The van der Waals surface area contributed by atoms with Crippen LogP contribution in [0, 0.1) is 13.8 Å². The third-order valence-corrected chi connectivity index (χ3v) is 5.96. The smallest absolute Gasteiger partial charge is 0.339 e. The SMILES string of the molecule is Cc1noc(CSc2ccccc2C(=O)OCc2cc(=O)oc3cc(C)c(Cl)cc23)n1. The molecule has 0 aliphatic heterocycles. The van der Waals surface area contributed by atoms with Crippen molar-refractivity contribution in [2.75, 3.05) is 0 Å². The largest absolute Gasteiger partial charge is 0.457 e. The van der Waals surface area contributed by atoms with Gasteiger partial charge in [0.25, 0.3) is 0 Å². The first-order chi connectivity index (χ1) is 14.9. The highest BCUT2D eigenvalue weighted by atomic mass is 35.5. The van der Waals surface area contributed by atoms with Gasteiger partial charge in [0.15, 0.2) is 5.82 Å². The van der Waals surface area contributed by atoms with Gasteiger partial charge < -0.3 is 13.7 Å². The Kier molecular flexibility index (Phi) is 6.11. The molecule has 2 heterocycles. The second-order valence-electron chi connectivity index (χ2n) is 6.78. The van der Waals surface area contributed by atoms with Crippen LogP contribution in [0.1, 0.15) is 33.2 Å². The Bertz CT molecular complexity index is 1330. The number of rotatable bonds is 6. The van der Waals surface area contributed by atoms with Crippen LogP contribution in [0.5, 0.6) is 0 Å². The molecule has 31 heavy (non-hydrogen) atoms. The maximum atomic E-state index is 12.8. The van der Waals surface area contributed by atoms with E-state index in [1.54, 1.807) is 31.2 Å². The predicted molar refractivity (Wildman–Crippen MR) is 116 cm³/mol. The molecule has 0 N–H and O–H groups in total. The molecule has 0 amide bonds.